The molecule has 0 rings (SSSR count). The van der Waals surface area contributed by atoms with Crippen molar-refractivity contribution < 1.29 is 0 Å². The molecule has 0 saturated heterocycles. The maximum Gasteiger partial charge on any atom is 0.00539 e. The van der Waals surface area contributed by atoms with Crippen LogP contribution in [0.1, 0.15) is 78.6 Å². The molecule has 0 heterocycles. The molecule has 0 aromatic heterocycles. The van der Waals surface area contributed by atoms with E-state index in [1.54, 1.807) is 0 Å². The molecule has 0 aliphatic rings. The van der Waals surface area contributed by atoms with Crippen LogP contribution in [0.3, 0.4) is 0 Å². The molecule has 104 valence electrons. The van der Waals surface area contributed by atoms with Crippen LogP contribution in [0.25, 0.3) is 0 Å². The van der Waals surface area contributed by atoms with Crippen molar-refractivity contribution in [1.82, 2.24) is 0 Å². The first-order valence-electron chi connectivity index (χ1n) is 7.07. The molecule has 0 N–H and O–H groups in total. The van der Waals surface area contributed by atoms with Gasteiger partial charge in [0.2, 0.25) is 0 Å². The number of rotatable bonds is 10. The van der Waals surface area contributed by atoms with Gasteiger partial charge in [0, 0.05) is 5.16 Å². The minimum Gasteiger partial charge on any atom is -0.127 e. The van der Waals surface area contributed by atoms with Crippen LogP contribution in [-0.4, -0.2) is 5.16 Å². The highest BCUT2D eigenvalue weighted by molar-refractivity contribution is 8.93. The summed E-state index contributed by atoms with van der Waals surface area (Å²) in [5.74, 6) is 0. The first-order chi connectivity index (χ1) is 7.60. The fourth-order valence-electron chi connectivity index (χ4n) is 2.10. The van der Waals surface area contributed by atoms with E-state index >= 15 is 0 Å². The summed E-state index contributed by atoms with van der Waals surface area (Å²) in [5.41, 5.74) is 1.47. The van der Waals surface area contributed by atoms with E-state index in [1.807, 2.05) is 0 Å². The molecule has 0 aliphatic heterocycles. The highest BCUT2D eigenvalue weighted by Crippen LogP contribution is 2.39. The fourth-order valence-corrected chi connectivity index (χ4v) is 2.65. The van der Waals surface area contributed by atoms with Crippen molar-refractivity contribution in [1.29, 1.82) is 0 Å². The molecule has 0 spiro atoms. The fraction of sp³-hybridized carbons (Fsp3) is 0.867. The third-order valence-electron chi connectivity index (χ3n) is 3.49. The Morgan fingerprint density at radius 2 is 1.35 bits per heavy atom. The third kappa shape index (κ3) is 8.38. The zero-order valence-electron chi connectivity index (χ0n) is 12.1. The highest BCUT2D eigenvalue weighted by Gasteiger charge is 2.25. The molecule has 1 unspecified atom stereocenters. The quantitative estimate of drug-likeness (QED) is 0.327. The number of hydrogen-bond acceptors (Lipinski definition) is 0. The predicted molar refractivity (Wildman–Crippen MR) is 90.5 cm³/mol. The van der Waals surface area contributed by atoms with E-state index in [0.29, 0.717) is 5.16 Å². The molecule has 0 amide bonds. The maximum atomic E-state index is 4.35. The van der Waals surface area contributed by atoms with Crippen LogP contribution in [0, 0.1) is 0 Å². The van der Waals surface area contributed by atoms with Gasteiger partial charge in [-0.05, 0) is 25.7 Å². The molecule has 0 aromatic rings. The molecule has 2 heteroatoms. The second-order valence-corrected chi connectivity index (χ2v) is 6.18. The van der Waals surface area contributed by atoms with Crippen molar-refractivity contribution in [2.45, 2.75) is 83.7 Å². The third-order valence-corrected chi connectivity index (χ3v) is 4.47. The highest BCUT2D eigenvalue weighted by atomic mass is 79.9. The standard InChI is InChI=1S/C15H31P.BrH/c1-5-8-11-14(4)15(16,12-9-6-2)13-10-7-3;/h4-13,16H2,1-3H3;1H. The van der Waals surface area contributed by atoms with Gasteiger partial charge in [0.15, 0.2) is 0 Å². The van der Waals surface area contributed by atoms with Crippen molar-refractivity contribution in [2.24, 2.45) is 0 Å². The second kappa shape index (κ2) is 11.7. The summed E-state index contributed by atoms with van der Waals surface area (Å²) in [6.07, 6.45) is 11.7. The summed E-state index contributed by atoms with van der Waals surface area (Å²) >= 11 is 0. The van der Waals surface area contributed by atoms with Crippen LogP contribution in [0.5, 0.6) is 0 Å². The molecule has 0 fully saturated rings. The van der Waals surface area contributed by atoms with Gasteiger partial charge in [0.05, 0.1) is 0 Å². The van der Waals surface area contributed by atoms with E-state index in [9.17, 15) is 0 Å². The van der Waals surface area contributed by atoms with Gasteiger partial charge >= 0.3 is 0 Å². The van der Waals surface area contributed by atoms with Gasteiger partial charge in [-0.1, -0.05) is 65.0 Å². The Morgan fingerprint density at radius 1 is 0.941 bits per heavy atom. The van der Waals surface area contributed by atoms with E-state index in [2.05, 4.69) is 36.6 Å². The van der Waals surface area contributed by atoms with Gasteiger partial charge in [0.1, 0.15) is 0 Å². The second-order valence-electron chi connectivity index (χ2n) is 5.07. The minimum atomic E-state index is 0. The molecule has 0 radical (unpaired) electrons. The molecular weight excluding hydrogens is 291 g/mol. The summed E-state index contributed by atoms with van der Waals surface area (Å²) in [6.45, 7) is 11.2. The van der Waals surface area contributed by atoms with E-state index in [1.165, 1.54) is 63.4 Å². The van der Waals surface area contributed by atoms with E-state index in [-0.39, 0.29) is 17.0 Å². The van der Waals surface area contributed by atoms with Crippen LogP contribution in [0.2, 0.25) is 0 Å². The van der Waals surface area contributed by atoms with Crippen LogP contribution < -0.4 is 0 Å². The van der Waals surface area contributed by atoms with Crippen molar-refractivity contribution in [3.8, 4) is 0 Å². The van der Waals surface area contributed by atoms with Gasteiger partial charge in [0.25, 0.3) is 0 Å². The molecule has 0 saturated carbocycles. The van der Waals surface area contributed by atoms with Crippen molar-refractivity contribution >= 4 is 26.2 Å². The number of hydrogen-bond donors (Lipinski definition) is 0. The number of unbranched alkanes of at least 4 members (excludes halogenated alkanes) is 3. The zero-order chi connectivity index (χ0) is 12.4. The lowest BCUT2D eigenvalue weighted by atomic mass is 9.86. The van der Waals surface area contributed by atoms with Crippen LogP contribution >= 0.6 is 26.2 Å². The van der Waals surface area contributed by atoms with Crippen LogP contribution in [0.15, 0.2) is 12.2 Å². The Labute approximate surface area is 122 Å². The first kappa shape index (κ1) is 20.0. The Kier molecular flexibility index (Phi) is 13.8. The molecule has 0 aromatic carbocycles. The Morgan fingerprint density at radius 3 is 1.71 bits per heavy atom. The van der Waals surface area contributed by atoms with E-state index in [4.69, 9.17) is 0 Å². The smallest absolute Gasteiger partial charge is 0.00539 e. The van der Waals surface area contributed by atoms with Gasteiger partial charge in [-0.15, -0.1) is 26.2 Å². The van der Waals surface area contributed by atoms with Crippen molar-refractivity contribution in [3.05, 3.63) is 12.2 Å². The molecule has 17 heavy (non-hydrogen) atoms. The van der Waals surface area contributed by atoms with E-state index in [0.717, 1.165) is 0 Å². The molecule has 0 nitrogen and oxygen atoms in total. The Bertz CT molecular complexity index is 181. The van der Waals surface area contributed by atoms with Gasteiger partial charge in [-0.25, -0.2) is 0 Å². The zero-order valence-corrected chi connectivity index (χ0v) is 14.9. The lowest BCUT2D eigenvalue weighted by molar-refractivity contribution is 0.500. The maximum absolute atomic E-state index is 4.35. The molecule has 1 atom stereocenters. The monoisotopic (exact) mass is 322 g/mol. The topological polar surface area (TPSA) is 0 Å². The predicted octanol–water partition coefficient (Wildman–Crippen LogP) is 6.31. The molecule has 0 aliphatic carbocycles. The van der Waals surface area contributed by atoms with Crippen LogP contribution in [0.4, 0.5) is 0 Å². The van der Waals surface area contributed by atoms with E-state index < -0.39 is 0 Å². The largest absolute Gasteiger partial charge is 0.127 e. The van der Waals surface area contributed by atoms with Gasteiger partial charge in [-0.2, -0.15) is 0 Å². The first-order valence-corrected chi connectivity index (χ1v) is 7.65. The summed E-state index contributed by atoms with van der Waals surface area (Å²) in [6, 6.07) is 0. The lowest BCUT2D eigenvalue weighted by Crippen LogP contribution is -2.23. The summed E-state index contributed by atoms with van der Waals surface area (Å²) in [5, 5.41) is 0.335. The molecular formula is C15H32BrP. The normalized spacial score (nSPS) is 11.1. The van der Waals surface area contributed by atoms with Crippen LogP contribution in [-0.2, 0) is 0 Å². The van der Waals surface area contributed by atoms with Crippen molar-refractivity contribution in [2.75, 3.05) is 0 Å². The Balaban J connectivity index is 0. The lowest BCUT2D eigenvalue weighted by Gasteiger charge is -2.32. The summed E-state index contributed by atoms with van der Waals surface area (Å²) in [7, 11) is 3.13. The summed E-state index contributed by atoms with van der Waals surface area (Å²) in [4.78, 5) is 0. The Hall–Kier alpha value is 0.650. The average molecular weight is 323 g/mol. The number of allylic oxidation sites excluding steroid dienone is 1. The average Bonchev–Trinajstić information content (AvgIpc) is 2.30. The van der Waals surface area contributed by atoms with Gasteiger partial charge in [-0.3, -0.25) is 0 Å². The van der Waals surface area contributed by atoms with Crippen molar-refractivity contribution in [3.63, 3.8) is 0 Å². The SMILES string of the molecule is Br.C=C(CCCC)C(P)(CCCC)CCCC. The summed E-state index contributed by atoms with van der Waals surface area (Å²) < 4.78 is 0. The van der Waals surface area contributed by atoms with Gasteiger partial charge < -0.3 is 0 Å². The minimum absolute atomic E-state index is 0. The number of halogens is 1. The molecule has 0 bridgehead atoms.